The molecule has 1 aliphatic rings. The Labute approximate surface area is 231 Å². The van der Waals surface area contributed by atoms with Gasteiger partial charge in [-0.2, -0.15) is 0 Å². The molecule has 5 rings (SSSR count). The number of aliphatic imine (C=N–C) groups is 1. The van der Waals surface area contributed by atoms with Crippen molar-refractivity contribution in [2.45, 2.75) is 32.0 Å². The summed E-state index contributed by atoms with van der Waals surface area (Å²) >= 11 is 6.27. The molecule has 0 spiro atoms. The average molecular weight is 543 g/mol. The third-order valence-corrected chi connectivity index (χ3v) is 7.25. The van der Waals surface area contributed by atoms with Crippen LogP contribution < -0.4 is 5.32 Å². The first-order valence-corrected chi connectivity index (χ1v) is 13.0. The highest BCUT2D eigenvalue weighted by molar-refractivity contribution is 6.33. The van der Waals surface area contributed by atoms with E-state index in [9.17, 15) is 14.3 Å². The maximum Gasteiger partial charge on any atom is 0.253 e. The fraction of sp³-hybridized carbons (Fsp3) is 0.194. The number of aromatic nitrogens is 1. The van der Waals surface area contributed by atoms with E-state index in [4.69, 9.17) is 16.6 Å². The number of aliphatic hydroxyl groups excluding tert-OH is 1. The number of rotatable bonds is 6. The summed E-state index contributed by atoms with van der Waals surface area (Å²) in [4.78, 5) is 24.2. The van der Waals surface area contributed by atoms with Crippen LogP contribution in [0.25, 0.3) is 11.3 Å². The molecule has 2 N–H and O–H groups in total. The van der Waals surface area contributed by atoms with E-state index in [2.05, 4.69) is 10.3 Å². The lowest BCUT2D eigenvalue weighted by atomic mass is 10.1. The smallest absolute Gasteiger partial charge is 0.253 e. The van der Waals surface area contributed by atoms with Crippen LogP contribution in [0.4, 0.5) is 10.1 Å². The molecule has 0 unspecified atom stereocenters. The molecular weight excluding hydrogens is 515 g/mol. The van der Waals surface area contributed by atoms with E-state index in [1.807, 2.05) is 55.3 Å². The van der Waals surface area contributed by atoms with E-state index in [1.54, 1.807) is 30.3 Å². The SMILES string of the molecule is C/C(=N\c1ccc2c(c1)[C@@H](NC(=O)c1ccc(-c3ccccc3Cl)nc1)[C@H](O)C2)N(C)Cc1ccc(F)cc1. The van der Waals surface area contributed by atoms with Crippen molar-refractivity contribution in [1.82, 2.24) is 15.2 Å². The Hall–Kier alpha value is -4.07. The van der Waals surface area contributed by atoms with Gasteiger partial charge in [-0.15, -0.1) is 0 Å². The van der Waals surface area contributed by atoms with Crippen LogP contribution in [0.5, 0.6) is 0 Å². The van der Waals surface area contributed by atoms with Gasteiger partial charge in [0.25, 0.3) is 5.91 Å². The van der Waals surface area contributed by atoms with Gasteiger partial charge in [0.2, 0.25) is 0 Å². The zero-order valence-corrected chi connectivity index (χ0v) is 22.4. The first-order valence-electron chi connectivity index (χ1n) is 12.6. The number of halogens is 2. The third kappa shape index (κ3) is 6.00. The summed E-state index contributed by atoms with van der Waals surface area (Å²) in [5, 5.41) is 14.3. The number of fused-ring (bicyclic) bond motifs is 1. The zero-order chi connectivity index (χ0) is 27.5. The summed E-state index contributed by atoms with van der Waals surface area (Å²) < 4.78 is 13.2. The lowest BCUT2D eigenvalue weighted by molar-refractivity contribution is 0.0858. The molecule has 1 heterocycles. The van der Waals surface area contributed by atoms with Crippen LogP contribution in [-0.4, -0.2) is 39.9 Å². The van der Waals surface area contributed by atoms with Crippen molar-refractivity contribution >= 4 is 29.0 Å². The zero-order valence-electron chi connectivity index (χ0n) is 21.6. The van der Waals surface area contributed by atoms with Gasteiger partial charge in [0.15, 0.2) is 0 Å². The van der Waals surface area contributed by atoms with Gasteiger partial charge in [-0.3, -0.25) is 9.78 Å². The molecule has 198 valence electrons. The number of amides is 1. The van der Waals surface area contributed by atoms with E-state index in [-0.39, 0.29) is 11.7 Å². The number of nitrogens with one attached hydrogen (secondary N) is 1. The molecule has 1 amide bonds. The number of nitrogens with zero attached hydrogens (tertiary/aromatic N) is 3. The van der Waals surface area contributed by atoms with Crippen molar-refractivity contribution in [2.75, 3.05) is 7.05 Å². The molecule has 0 saturated carbocycles. The van der Waals surface area contributed by atoms with Gasteiger partial charge < -0.3 is 15.3 Å². The predicted molar refractivity (Wildman–Crippen MR) is 152 cm³/mol. The maximum absolute atomic E-state index is 13.2. The second kappa shape index (κ2) is 11.4. The van der Waals surface area contributed by atoms with Crippen molar-refractivity contribution in [2.24, 2.45) is 4.99 Å². The van der Waals surface area contributed by atoms with Crippen LogP contribution in [-0.2, 0) is 13.0 Å². The number of carbonyl (C=O) groups excluding carboxylic acids is 1. The summed E-state index contributed by atoms with van der Waals surface area (Å²) in [6, 6.07) is 22.4. The average Bonchev–Trinajstić information content (AvgIpc) is 3.24. The van der Waals surface area contributed by atoms with Crippen molar-refractivity contribution in [3.63, 3.8) is 0 Å². The minimum Gasteiger partial charge on any atom is -0.390 e. The molecule has 6 nitrogen and oxygen atoms in total. The molecule has 0 aliphatic heterocycles. The van der Waals surface area contributed by atoms with Crippen molar-refractivity contribution in [3.05, 3.63) is 118 Å². The predicted octanol–water partition coefficient (Wildman–Crippen LogP) is 6.11. The number of benzene rings is 3. The van der Waals surface area contributed by atoms with Crippen LogP contribution in [0.1, 0.15) is 40.0 Å². The minimum atomic E-state index is -0.749. The second-order valence-corrected chi connectivity index (χ2v) is 10.1. The highest BCUT2D eigenvalue weighted by atomic mass is 35.5. The van der Waals surface area contributed by atoms with Crippen molar-refractivity contribution in [1.29, 1.82) is 0 Å². The molecule has 0 saturated heterocycles. The molecular formula is C31H28ClFN4O2. The summed E-state index contributed by atoms with van der Waals surface area (Å²) in [6.07, 6.45) is 1.20. The van der Waals surface area contributed by atoms with Crippen LogP contribution >= 0.6 is 11.6 Å². The number of hydrogen-bond donors (Lipinski definition) is 2. The fourth-order valence-electron chi connectivity index (χ4n) is 4.68. The van der Waals surface area contributed by atoms with Gasteiger partial charge in [-0.25, -0.2) is 9.38 Å². The third-order valence-electron chi connectivity index (χ3n) is 6.92. The highest BCUT2D eigenvalue weighted by Crippen LogP contribution is 2.35. The lowest BCUT2D eigenvalue weighted by Crippen LogP contribution is -2.33. The second-order valence-electron chi connectivity index (χ2n) is 9.66. The molecule has 1 aliphatic carbocycles. The monoisotopic (exact) mass is 542 g/mol. The molecule has 2 atom stereocenters. The standard InChI is InChI=1S/C31H28ClFN4O2/c1-19(37(2)18-20-7-11-23(33)12-8-20)35-24-13-9-21-15-29(38)30(26(21)16-24)36-31(39)22-10-14-28(34-17-22)25-5-3-4-6-27(25)32/h3-14,16-17,29-30,38H,15,18H2,1-2H3,(H,36,39)/b35-19+/t29-,30-/m1/s1. The van der Waals surface area contributed by atoms with Crippen LogP contribution in [0.15, 0.2) is 90.1 Å². The van der Waals surface area contributed by atoms with Gasteiger partial charge in [0.1, 0.15) is 11.7 Å². The van der Waals surface area contributed by atoms with Crippen LogP contribution in [0.2, 0.25) is 5.02 Å². The highest BCUT2D eigenvalue weighted by Gasteiger charge is 2.32. The molecule has 8 heteroatoms. The van der Waals surface area contributed by atoms with Gasteiger partial charge >= 0.3 is 0 Å². The van der Waals surface area contributed by atoms with Gasteiger partial charge in [-0.05, 0) is 66.1 Å². The van der Waals surface area contributed by atoms with Crippen molar-refractivity contribution < 1.29 is 14.3 Å². The Bertz CT molecular complexity index is 1520. The Kier molecular flexibility index (Phi) is 7.72. The summed E-state index contributed by atoms with van der Waals surface area (Å²) in [7, 11) is 1.92. The molecule has 0 fully saturated rings. The summed E-state index contributed by atoms with van der Waals surface area (Å²) in [5.41, 5.74) is 5.35. The van der Waals surface area contributed by atoms with Gasteiger partial charge in [0, 0.05) is 36.8 Å². The van der Waals surface area contributed by atoms with Crippen LogP contribution in [0.3, 0.4) is 0 Å². The Morgan fingerprint density at radius 3 is 2.62 bits per heavy atom. The largest absolute Gasteiger partial charge is 0.390 e. The molecule has 39 heavy (non-hydrogen) atoms. The number of pyridine rings is 1. The van der Waals surface area contributed by atoms with Crippen LogP contribution in [0, 0.1) is 5.82 Å². The fourth-order valence-corrected chi connectivity index (χ4v) is 4.92. The van der Waals surface area contributed by atoms with E-state index in [0.29, 0.717) is 29.2 Å². The quantitative estimate of drug-likeness (QED) is 0.227. The van der Waals surface area contributed by atoms with Gasteiger partial charge in [0.05, 0.1) is 29.1 Å². The number of hydrogen-bond acceptors (Lipinski definition) is 4. The molecule has 4 aromatic rings. The Morgan fingerprint density at radius 1 is 1.13 bits per heavy atom. The molecule has 1 aromatic heterocycles. The summed E-state index contributed by atoms with van der Waals surface area (Å²) in [5.74, 6) is 0.191. The maximum atomic E-state index is 13.2. The lowest BCUT2D eigenvalue weighted by Gasteiger charge is -2.20. The van der Waals surface area contributed by atoms with E-state index >= 15 is 0 Å². The Morgan fingerprint density at radius 2 is 1.90 bits per heavy atom. The van der Waals surface area contributed by atoms with Gasteiger partial charge in [-0.1, -0.05) is 48.0 Å². The molecule has 3 aromatic carbocycles. The van der Waals surface area contributed by atoms with E-state index in [0.717, 1.165) is 33.8 Å². The first-order chi connectivity index (χ1) is 18.8. The number of aliphatic hydroxyl groups is 1. The number of carbonyl (C=O) groups is 1. The minimum absolute atomic E-state index is 0.265. The van der Waals surface area contributed by atoms with Crippen molar-refractivity contribution in [3.8, 4) is 11.3 Å². The Balaban J connectivity index is 1.30. The topological polar surface area (TPSA) is 77.8 Å². The van der Waals surface area contributed by atoms with E-state index < -0.39 is 12.1 Å². The van der Waals surface area contributed by atoms with E-state index in [1.165, 1.54) is 18.3 Å². The molecule has 0 bridgehead atoms. The number of amidine groups is 1. The summed E-state index contributed by atoms with van der Waals surface area (Å²) in [6.45, 7) is 2.49. The normalized spacial score (nSPS) is 16.6. The molecule has 0 radical (unpaired) electrons. The first kappa shape index (κ1) is 26.5.